The second kappa shape index (κ2) is 13.8. The van der Waals surface area contributed by atoms with E-state index in [0.29, 0.717) is 61.1 Å². The first-order chi connectivity index (χ1) is 24.5. The number of hydrogen-bond donors (Lipinski definition) is 0. The minimum Gasteiger partial charge on any atom is -0.381 e. The number of rotatable bonds is 6. The van der Waals surface area contributed by atoms with Crippen LogP contribution < -0.4 is 0 Å². The molecule has 5 heterocycles. The molecule has 1 saturated carbocycles. The molecule has 51 heavy (non-hydrogen) atoms. The molecule has 2 aliphatic heterocycles. The first-order valence-corrected chi connectivity index (χ1v) is 18.1. The Kier molecular flexibility index (Phi) is 9.43. The minimum absolute atomic E-state index is 0.0499. The second-order valence-corrected chi connectivity index (χ2v) is 15.0. The van der Waals surface area contributed by atoms with Crippen LogP contribution in [0.3, 0.4) is 0 Å². The molecule has 2 unspecified atom stereocenters. The van der Waals surface area contributed by atoms with E-state index in [-0.39, 0.29) is 59.7 Å². The average Bonchev–Trinajstić information content (AvgIpc) is 3.51. The summed E-state index contributed by atoms with van der Waals surface area (Å²) < 4.78 is 7.59. The van der Waals surface area contributed by atoms with Crippen LogP contribution in [0, 0.1) is 25.2 Å². The number of pyridine rings is 1. The quantitative estimate of drug-likeness (QED) is 0.237. The lowest BCUT2D eigenvalue weighted by atomic mass is 9.88. The van der Waals surface area contributed by atoms with Crippen LogP contribution in [0.15, 0.2) is 42.7 Å². The zero-order valence-electron chi connectivity index (χ0n) is 30.1. The lowest BCUT2D eigenvalue weighted by Gasteiger charge is -2.27. The lowest BCUT2D eigenvalue weighted by molar-refractivity contribution is -0.139. The molecule has 11 nitrogen and oxygen atoms in total. The van der Waals surface area contributed by atoms with E-state index < -0.39 is 6.04 Å². The molecule has 3 aliphatic rings. The molecule has 0 N–H and O–H groups in total. The molecule has 5 atom stereocenters. The topological polar surface area (TPSA) is 137 Å². The zero-order valence-corrected chi connectivity index (χ0v) is 30.1. The Morgan fingerprint density at radius 3 is 2.51 bits per heavy atom. The summed E-state index contributed by atoms with van der Waals surface area (Å²) in [5, 5.41) is 5.46. The van der Waals surface area contributed by atoms with Crippen LogP contribution in [0.1, 0.15) is 92.1 Å². The smallest absolute Gasteiger partial charge is 0.245 e. The molecule has 7 rings (SSSR count). The molecule has 266 valence electrons. The van der Waals surface area contributed by atoms with Crippen LogP contribution in [-0.4, -0.2) is 78.2 Å². The lowest BCUT2D eigenvalue weighted by Crippen LogP contribution is -2.45. The maximum Gasteiger partial charge on any atom is 0.245 e. The summed E-state index contributed by atoms with van der Waals surface area (Å²) in [7, 11) is 1.70. The SMILES string of the molecule is COC1CCC(=O)CC[C@@]23C[C@@H](C(=O)Cc4cccc(C)n4)N(C(=O)Cn4nc(C(C)=O)c5cc(-c6cnc(C)nc6)cc(c54)CCC1C)[C@@H]2C3. The van der Waals surface area contributed by atoms with Crippen LogP contribution in [0.25, 0.3) is 22.0 Å². The summed E-state index contributed by atoms with van der Waals surface area (Å²) in [4.78, 5) is 70.0. The number of aromatic nitrogens is 5. The number of methoxy groups -OCH3 is 1. The molecule has 1 saturated heterocycles. The molecule has 3 aromatic heterocycles. The third-order valence-electron chi connectivity index (χ3n) is 11.5. The Morgan fingerprint density at radius 2 is 1.78 bits per heavy atom. The second-order valence-electron chi connectivity index (χ2n) is 15.0. The van der Waals surface area contributed by atoms with Crippen molar-refractivity contribution in [3.05, 3.63) is 71.2 Å². The Hall–Kier alpha value is -4.64. The van der Waals surface area contributed by atoms with Gasteiger partial charge in [0, 0.05) is 67.6 Å². The zero-order chi connectivity index (χ0) is 36.0. The highest BCUT2D eigenvalue weighted by atomic mass is 16.5. The monoisotopic (exact) mass is 690 g/mol. The largest absolute Gasteiger partial charge is 0.381 e. The number of piperidine rings is 1. The third kappa shape index (κ3) is 6.88. The van der Waals surface area contributed by atoms with Crippen LogP contribution in [0.4, 0.5) is 0 Å². The highest BCUT2D eigenvalue weighted by Gasteiger charge is 2.66. The Balaban J connectivity index is 1.31. The van der Waals surface area contributed by atoms with E-state index >= 15 is 0 Å². The van der Waals surface area contributed by atoms with Gasteiger partial charge in [-0.3, -0.25) is 28.8 Å². The molecule has 0 radical (unpaired) electrons. The van der Waals surface area contributed by atoms with E-state index in [1.165, 1.54) is 6.92 Å². The van der Waals surface area contributed by atoms with Crippen LogP contribution in [-0.2, 0) is 38.5 Å². The molecule has 1 aliphatic carbocycles. The summed E-state index contributed by atoms with van der Waals surface area (Å²) in [5.41, 5.74) is 4.89. The number of amides is 1. The normalized spacial score (nSPS) is 25.5. The molecule has 0 spiro atoms. The molecule has 4 aromatic rings. The van der Waals surface area contributed by atoms with Gasteiger partial charge in [-0.1, -0.05) is 13.0 Å². The first-order valence-electron chi connectivity index (χ1n) is 18.1. The van der Waals surface area contributed by atoms with Gasteiger partial charge >= 0.3 is 0 Å². The standard InChI is InChI=1S/C40H46N6O5/c1-23-9-10-27-15-28(29-20-41-26(4)42-21-29)16-32-38(25(3)47)44-45(39(27)32)22-37(50)46-33(34(49)17-30-8-6-7-24(2)43-30)18-40(19-36(40)46)14-13-31(48)11-12-35(23)51-5/h6-8,15-16,20-21,23,33,35-36H,9-14,17-19,22H2,1-5H3/t23?,33-,35?,36+,40-/m0/s1. The molecular weight excluding hydrogens is 644 g/mol. The summed E-state index contributed by atoms with van der Waals surface area (Å²) >= 11 is 0. The van der Waals surface area contributed by atoms with Crippen molar-refractivity contribution in [1.29, 1.82) is 0 Å². The molecule has 1 aromatic carbocycles. The maximum absolute atomic E-state index is 14.5. The van der Waals surface area contributed by atoms with E-state index in [2.05, 4.69) is 27.9 Å². The van der Waals surface area contributed by atoms with Gasteiger partial charge in [-0.15, -0.1) is 0 Å². The van der Waals surface area contributed by atoms with E-state index in [1.807, 2.05) is 38.1 Å². The van der Waals surface area contributed by atoms with Crippen molar-refractivity contribution in [1.82, 2.24) is 29.6 Å². The van der Waals surface area contributed by atoms with Gasteiger partial charge in [0.2, 0.25) is 5.91 Å². The summed E-state index contributed by atoms with van der Waals surface area (Å²) in [6.07, 6.45) is 8.38. The van der Waals surface area contributed by atoms with Crippen LogP contribution in [0.2, 0.25) is 0 Å². The number of aryl methyl sites for hydroxylation is 3. The fourth-order valence-electron chi connectivity index (χ4n) is 8.53. The molecule has 11 heteroatoms. The van der Waals surface area contributed by atoms with Gasteiger partial charge in [0.05, 0.1) is 24.1 Å². The van der Waals surface area contributed by atoms with Gasteiger partial charge in [-0.2, -0.15) is 5.10 Å². The van der Waals surface area contributed by atoms with Gasteiger partial charge in [0.1, 0.15) is 23.8 Å². The van der Waals surface area contributed by atoms with Crippen molar-refractivity contribution < 1.29 is 23.9 Å². The number of hydrogen-bond acceptors (Lipinski definition) is 9. The number of ether oxygens (including phenoxy) is 1. The van der Waals surface area contributed by atoms with Crippen LogP contribution in [0.5, 0.6) is 0 Å². The van der Waals surface area contributed by atoms with Gasteiger partial charge < -0.3 is 9.64 Å². The number of carbonyl (C=O) groups is 4. The molecule has 1 amide bonds. The van der Waals surface area contributed by atoms with Crippen LogP contribution >= 0.6 is 0 Å². The number of nitrogens with zero attached hydrogens (tertiary/aromatic N) is 6. The van der Waals surface area contributed by atoms with E-state index in [9.17, 15) is 19.2 Å². The Bertz CT molecular complexity index is 2020. The van der Waals surface area contributed by atoms with Gasteiger partial charge in [-0.05, 0) is 99.1 Å². The van der Waals surface area contributed by atoms with Crippen molar-refractivity contribution in [3.8, 4) is 11.1 Å². The number of ketones is 3. The fraction of sp³-hybridized carbons (Fsp3) is 0.500. The third-order valence-corrected chi connectivity index (χ3v) is 11.5. The van der Waals surface area contributed by atoms with Crippen molar-refractivity contribution in [2.45, 2.75) is 110 Å². The molecule has 2 bridgehead atoms. The highest BCUT2D eigenvalue weighted by molar-refractivity contribution is 6.07. The number of carbonyl (C=O) groups excluding carboxylic acids is 4. The van der Waals surface area contributed by atoms with E-state index in [0.717, 1.165) is 40.7 Å². The number of Topliss-reactive ketones (excluding diaryl/α,β-unsaturated/α-hetero) is 3. The Morgan fingerprint density at radius 1 is 1.00 bits per heavy atom. The summed E-state index contributed by atoms with van der Waals surface area (Å²) in [6.45, 7) is 7.25. The van der Waals surface area contributed by atoms with Gasteiger partial charge in [0.15, 0.2) is 11.6 Å². The summed E-state index contributed by atoms with van der Waals surface area (Å²) in [5.74, 6) is 0.539. The molecule has 2 fully saturated rings. The van der Waals surface area contributed by atoms with Crippen molar-refractivity contribution in [2.75, 3.05) is 7.11 Å². The fourth-order valence-corrected chi connectivity index (χ4v) is 8.53. The highest BCUT2D eigenvalue weighted by Crippen LogP contribution is 2.62. The Labute approximate surface area is 298 Å². The minimum atomic E-state index is -0.618. The average molecular weight is 691 g/mol. The molecular formula is C40H46N6O5. The van der Waals surface area contributed by atoms with Crippen molar-refractivity contribution in [2.24, 2.45) is 11.3 Å². The van der Waals surface area contributed by atoms with E-state index in [4.69, 9.17) is 9.84 Å². The predicted octanol–water partition coefficient (Wildman–Crippen LogP) is 5.61. The number of benzene rings is 1. The van der Waals surface area contributed by atoms with Gasteiger partial charge in [-0.25, -0.2) is 9.97 Å². The predicted molar refractivity (Wildman–Crippen MR) is 191 cm³/mol. The van der Waals surface area contributed by atoms with Crippen molar-refractivity contribution in [3.63, 3.8) is 0 Å². The van der Waals surface area contributed by atoms with Crippen molar-refractivity contribution >= 4 is 34.2 Å². The summed E-state index contributed by atoms with van der Waals surface area (Å²) in [6, 6.07) is 8.91. The van der Waals surface area contributed by atoms with Gasteiger partial charge in [0.25, 0.3) is 0 Å². The van der Waals surface area contributed by atoms with E-state index in [1.54, 1.807) is 29.1 Å². The first kappa shape index (κ1) is 34.8. The maximum atomic E-state index is 14.5.